The number of piperazine rings is 1. The molecule has 5 heteroatoms. The number of aryl methyl sites for hydroxylation is 1. The number of hydrogen-bond donors (Lipinski definition) is 1. The minimum absolute atomic E-state index is 0.782. The summed E-state index contributed by atoms with van der Waals surface area (Å²) in [4.78, 5) is 5.15. The average Bonchev–Trinajstić information content (AvgIpc) is 2.66. The molecule has 0 radical (unpaired) electrons. The molecular formula is C13H23N5. The van der Waals surface area contributed by atoms with Crippen molar-refractivity contribution < 1.29 is 0 Å². The van der Waals surface area contributed by atoms with Gasteiger partial charge in [-0.3, -0.25) is 14.5 Å². The van der Waals surface area contributed by atoms with Gasteiger partial charge in [0.15, 0.2) is 0 Å². The second-order valence-corrected chi connectivity index (χ2v) is 5.51. The molecule has 0 aliphatic carbocycles. The summed E-state index contributed by atoms with van der Waals surface area (Å²) in [6, 6.07) is 0.782. The van der Waals surface area contributed by atoms with E-state index in [1.165, 1.54) is 37.4 Å². The van der Waals surface area contributed by atoms with Crippen LogP contribution in [0.4, 0.5) is 0 Å². The second-order valence-electron chi connectivity index (χ2n) is 5.51. The molecule has 2 aliphatic rings. The van der Waals surface area contributed by atoms with Crippen molar-refractivity contribution >= 4 is 0 Å². The Bertz CT molecular complexity index is 402. The van der Waals surface area contributed by atoms with Crippen LogP contribution in [-0.4, -0.2) is 64.9 Å². The van der Waals surface area contributed by atoms with Gasteiger partial charge in [-0.15, -0.1) is 0 Å². The summed E-state index contributed by atoms with van der Waals surface area (Å²) >= 11 is 0. The molecule has 5 nitrogen and oxygen atoms in total. The van der Waals surface area contributed by atoms with E-state index in [1.807, 2.05) is 17.9 Å². The first-order chi connectivity index (χ1) is 8.74. The van der Waals surface area contributed by atoms with Crippen LogP contribution >= 0.6 is 0 Å². The summed E-state index contributed by atoms with van der Waals surface area (Å²) in [5, 5.41) is 7.72. The summed E-state index contributed by atoms with van der Waals surface area (Å²) in [7, 11) is 2.01. The van der Waals surface area contributed by atoms with E-state index in [9.17, 15) is 0 Å². The molecule has 100 valence electrons. The zero-order valence-electron chi connectivity index (χ0n) is 11.4. The van der Waals surface area contributed by atoms with E-state index < -0.39 is 0 Å². The quantitative estimate of drug-likeness (QED) is 0.806. The lowest BCUT2D eigenvalue weighted by Crippen LogP contribution is -2.62. The fraction of sp³-hybridized carbons (Fsp3) is 0.769. The van der Waals surface area contributed by atoms with Crippen molar-refractivity contribution in [1.29, 1.82) is 0 Å². The van der Waals surface area contributed by atoms with Gasteiger partial charge in [0.25, 0.3) is 0 Å². The number of hydrogen-bond acceptors (Lipinski definition) is 4. The van der Waals surface area contributed by atoms with Crippen molar-refractivity contribution in [3.8, 4) is 0 Å². The van der Waals surface area contributed by atoms with E-state index in [2.05, 4.69) is 27.1 Å². The van der Waals surface area contributed by atoms with E-state index >= 15 is 0 Å². The van der Waals surface area contributed by atoms with Gasteiger partial charge in [0.05, 0.1) is 6.20 Å². The van der Waals surface area contributed by atoms with Crippen LogP contribution in [0.2, 0.25) is 0 Å². The number of nitrogens with zero attached hydrogens (tertiary/aromatic N) is 4. The third kappa shape index (κ3) is 2.30. The van der Waals surface area contributed by atoms with Gasteiger partial charge in [-0.25, -0.2) is 0 Å². The Morgan fingerprint density at radius 2 is 2.06 bits per heavy atom. The molecule has 0 saturated carbocycles. The zero-order valence-corrected chi connectivity index (χ0v) is 11.4. The molecule has 0 amide bonds. The van der Waals surface area contributed by atoms with Crippen molar-refractivity contribution in [1.82, 2.24) is 24.9 Å². The highest BCUT2D eigenvalue weighted by atomic mass is 15.3. The van der Waals surface area contributed by atoms with E-state index in [4.69, 9.17) is 0 Å². The molecule has 2 saturated heterocycles. The van der Waals surface area contributed by atoms with Crippen LogP contribution in [-0.2, 0) is 13.6 Å². The average molecular weight is 249 g/mol. The van der Waals surface area contributed by atoms with Crippen LogP contribution in [0.15, 0.2) is 6.20 Å². The highest BCUT2D eigenvalue weighted by Gasteiger charge is 2.32. The molecule has 0 spiro atoms. The maximum atomic E-state index is 4.31. The van der Waals surface area contributed by atoms with Gasteiger partial charge < -0.3 is 5.32 Å². The van der Waals surface area contributed by atoms with Crippen molar-refractivity contribution in [3.05, 3.63) is 17.5 Å². The van der Waals surface area contributed by atoms with Gasteiger partial charge in [0.2, 0.25) is 0 Å². The zero-order chi connectivity index (χ0) is 12.5. The largest absolute Gasteiger partial charge is 0.314 e. The highest BCUT2D eigenvalue weighted by molar-refractivity contribution is 5.16. The first-order valence-corrected chi connectivity index (χ1v) is 6.88. The maximum absolute atomic E-state index is 4.31. The monoisotopic (exact) mass is 249 g/mol. The predicted molar refractivity (Wildman–Crippen MR) is 71.5 cm³/mol. The molecule has 0 aromatic carbocycles. The molecule has 1 N–H and O–H groups in total. The lowest BCUT2D eigenvalue weighted by molar-refractivity contribution is 0.0222. The summed E-state index contributed by atoms with van der Waals surface area (Å²) < 4.78 is 1.96. The Hall–Kier alpha value is -0.910. The topological polar surface area (TPSA) is 36.3 Å². The van der Waals surface area contributed by atoms with Gasteiger partial charge in [0.1, 0.15) is 0 Å². The molecule has 3 heterocycles. The number of nitrogens with one attached hydrogen (secondary N) is 1. The second kappa shape index (κ2) is 4.99. The van der Waals surface area contributed by atoms with Crippen molar-refractivity contribution in [2.45, 2.75) is 19.5 Å². The van der Waals surface area contributed by atoms with Gasteiger partial charge in [-0.1, -0.05) is 0 Å². The number of aromatic nitrogens is 2. The van der Waals surface area contributed by atoms with E-state index in [0.29, 0.717) is 0 Å². The Balaban J connectivity index is 1.49. The first-order valence-electron chi connectivity index (χ1n) is 6.88. The smallest absolute Gasteiger partial charge is 0.0537 e. The molecule has 0 unspecified atom stereocenters. The lowest BCUT2D eigenvalue weighted by atomic mass is 10.0. The van der Waals surface area contributed by atoms with Crippen LogP contribution < -0.4 is 5.32 Å². The van der Waals surface area contributed by atoms with E-state index in [-0.39, 0.29) is 0 Å². The third-order valence-corrected chi connectivity index (χ3v) is 4.34. The SMILES string of the molecule is Cc1c(CN2CC(N3CCNCC3)C2)cnn1C. The van der Waals surface area contributed by atoms with Crippen LogP contribution in [0.25, 0.3) is 0 Å². The molecule has 2 aliphatic heterocycles. The fourth-order valence-corrected chi connectivity index (χ4v) is 2.89. The fourth-order valence-electron chi connectivity index (χ4n) is 2.89. The Morgan fingerprint density at radius 1 is 1.33 bits per heavy atom. The van der Waals surface area contributed by atoms with Crippen LogP contribution in [0.5, 0.6) is 0 Å². The standard InChI is InChI=1S/C13H23N5/c1-11-12(7-15-16(11)2)8-17-9-13(10-17)18-5-3-14-4-6-18/h7,13-14H,3-6,8-10H2,1-2H3. The van der Waals surface area contributed by atoms with Crippen molar-refractivity contribution in [3.63, 3.8) is 0 Å². The minimum Gasteiger partial charge on any atom is -0.314 e. The normalized spacial score (nSPS) is 23.2. The first kappa shape index (κ1) is 12.1. The van der Waals surface area contributed by atoms with Crippen molar-refractivity contribution in [2.24, 2.45) is 7.05 Å². The van der Waals surface area contributed by atoms with Gasteiger partial charge in [0, 0.05) is 70.2 Å². The molecular weight excluding hydrogens is 226 g/mol. The molecule has 1 aromatic heterocycles. The molecule has 0 atom stereocenters. The lowest BCUT2D eigenvalue weighted by Gasteiger charge is -2.46. The van der Waals surface area contributed by atoms with Crippen LogP contribution in [0, 0.1) is 6.92 Å². The Kier molecular flexibility index (Phi) is 3.37. The van der Waals surface area contributed by atoms with Gasteiger partial charge in [-0.05, 0) is 6.92 Å². The number of likely N-dealkylation sites (tertiary alicyclic amines) is 1. The summed E-state index contributed by atoms with van der Waals surface area (Å²) in [6.07, 6.45) is 2.01. The summed E-state index contributed by atoms with van der Waals surface area (Å²) in [5.74, 6) is 0. The maximum Gasteiger partial charge on any atom is 0.0537 e. The van der Waals surface area contributed by atoms with E-state index in [0.717, 1.165) is 25.7 Å². The predicted octanol–water partition coefficient (Wildman–Crippen LogP) is -0.182. The Labute approximate surface area is 109 Å². The Morgan fingerprint density at radius 3 is 2.67 bits per heavy atom. The molecule has 1 aromatic rings. The summed E-state index contributed by atoms with van der Waals surface area (Å²) in [5.41, 5.74) is 2.66. The number of rotatable bonds is 3. The molecule has 0 bridgehead atoms. The van der Waals surface area contributed by atoms with Crippen molar-refractivity contribution in [2.75, 3.05) is 39.3 Å². The van der Waals surface area contributed by atoms with E-state index in [1.54, 1.807) is 0 Å². The van der Waals surface area contributed by atoms with Gasteiger partial charge >= 0.3 is 0 Å². The molecule has 18 heavy (non-hydrogen) atoms. The van der Waals surface area contributed by atoms with Gasteiger partial charge in [-0.2, -0.15) is 5.10 Å². The third-order valence-electron chi connectivity index (χ3n) is 4.34. The van der Waals surface area contributed by atoms with Crippen LogP contribution in [0.3, 0.4) is 0 Å². The minimum atomic E-state index is 0.782. The summed E-state index contributed by atoms with van der Waals surface area (Å²) in [6.45, 7) is 10.4. The van der Waals surface area contributed by atoms with Crippen LogP contribution in [0.1, 0.15) is 11.3 Å². The highest BCUT2D eigenvalue weighted by Crippen LogP contribution is 2.19. The molecule has 3 rings (SSSR count). The molecule has 2 fully saturated rings.